The van der Waals surface area contributed by atoms with E-state index in [9.17, 15) is 14.3 Å². The Morgan fingerprint density at radius 3 is 2.39 bits per heavy atom. The summed E-state index contributed by atoms with van der Waals surface area (Å²) in [6.07, 6.45) is 2.09. The average Bonchev–Trinajstić information content (AvgIpc) is 3.38. The maximum atomic E-state index is 14.4. The number of carbonyl (C=O) groups is 1. The molecule has 38 heavy (non-hydrogen) atoms. The smallest absolute Gasteiger partial charge is 0.309 e. The molecule has 198 valence electrons. The van der Waals surface area contributed by atoms with Crippen LogP contribution < -0.4 is 14.5 Å². The van der Waals surface area contributed by atoms with Crippen molar-refractivity contribution in [3.63, 3.8) is 0 Å². The molecule has 1 aromatic heterocycles. The van der Waals surface area contributed by atoms with Crippen LogP contribution in [-0.2, 0) is 17.8 Å². The van der Waals surface area contributed by atoms with E-state index >= 15 is 0 Å². The standard InChI is InChI=1S/C30H32FN3O3S/c1-30(28(35)36)15-18-33(19-16-30)23-10-6-22(7-11-23)20-34(17-14-21-8-12-24(37-2)13-9-21)29-32-26-5-3-4-25(31)27(26)38-29/h3-13H,14-20H2,1-2H3,(H,35,36). The van der Waals surface area contributed by atoms with E-state index in [1.54, 1.807) is 13.2 Å². The largest absolute Gasteiger partial charge is 0.497 e. The molecule has 8 heteroatoms. The van der Waals surface area contributed by atoms with Crippen molar-refractivity contribution >= 4 is 38.3 Å². The summed E-state index contributed by atoms with van der Waals surface area (Å²) in [5, 5.41) is 10.3. The minimum atomic E-state index is -0.711. The number of methoxy groups -OCH3 is 1. The quantitative estimate of drug-likeness (QED) is 0.269. The highest BCUT2D eigenvalue weighted by Gasteiger charge is 2.36. The molecule has 6 nitrogen and oxygen atoms in total. The van der Waals surface area contributed by atoms with E-state index in [4.69, 9.17) is 9.72 Å². The first-order valence-corrected chi connectivity index (χ1v) is 13.7. The lowest BCUT2D eigenvalue weighted by Gasteiger charge is -2.37. The molecule has 1 aliphatic rings. The maximum Gasteiger partial charge on any atom is 0.309 e. The van der Waals surface area contributed by atoms with Crippen LogP contribution in [0, 0.1) is 11.2 Å². The molecular formula is C30H32FN3O3S. The van der Waals surface area contributed by atoms with Crippen molar-refractivity contribution in [2.24, 2.45) is 5.41 Å². The topological polar surface area (TPSA) is 65.9 Å². The number of hydrogen-bond acceptors (Lipinski definition) is 6. The van der Waals surface area contributed by atoms with Gasteiger partial charge in [-0.25, -0.2) is 9.37 Å². The van der Waals surface area contributed by atoms with E-state index in [1.807, 2.05) is 25.1 Å². The zero-order valence-electron chi connectivity index (χ0n) is 21.7. The Labute approximate surface area is 226 Å². The van der Waals surface area contributed by atoms with Gasteiger partial charge in [-0.1, -0.05) is 41.7 Å². The highest BCUT2D eigenvalue weighted by molar-refractivity contribution is 7.22. The monoisotopic (exact) mass is 533 g/mol. The number of carboxylic acids is 1. The number of piperidine rings is 1. The van der Waals surface area contributed by atoms with Crippen LogP contribution in [0.2, 0.25) is 0 Å². The average molecular weight is 534 g/mol. The summed E-state index contributed by atoms with van der Waals surface area (Å²) in [6, 6.07) is 21.5. The van der Waals surface area contributed by atoms with E-state index in [2.05, 4.69) is 46.2 Å². The Balaban J connectivity index is 1.32. The lowest BCUT2D eigenvalue weighted by molar-refractivity contribution is -0.149. The molecule has 0 amide bonds. The third-order valence-corrected chi connectivity index (χ3v) is 8.65. The second kappa shape index (κ2) is 11.0. The minimum absolute atomic E-state index is 0.244. The zero-order chi connectivity index (χ0) is 26.7. The molecular weight excluding hydrogens is 501 g/mol. The fourth-order valence-corrected chi connectivity index (χ4v) is 5.84. The van der Waals surface area contributed by atoms with Crippen molar-refractivity contribution in [3.05, 3.63) is 83.7 Å². The summed E-state index contributed by atoms with van der Waals surface area (Å²) >= 11 is 1.38. The van der Waals surface area contributed by atoms with E-state index in [-0.39, 0.29) is 5.82 Å². The molecule has 0 saturated carbocycles. The van der Waals surface area contributed by atoms with Gasteiger partial charge in [-0.3, -0.25) is 4.79 Å². The number of thiazole rings is 1. The van der Waals surface area contributed by atoms with Crippen molar-refractivity contribution in [2.75, 3.05) is 36.5 Å². The van der Waals surface area contributed by atoms with Gasteiger partial charge in [-0.2, -0.15) is 0 Å². The first kappa shape index (κ1) is 26.0. The third-order valence-electron chi connectivity index (χ3n) is 7.51. The van der Waals surface area contributed by atoms with E-state index in [1.165, 1.54) is 23.0 Å². The lowest BCUT2D eigenvalue weighted by atomic mass is 9.80. The van der Waals surface area contributed by atoms with Gasteiger partial charge in [-0.05, 0) is 73.7 Å². The number of nitrogens with zero attached hydrogens (tertiary/aromatic N) is 3. The molecule has 3 aromatic carbocycles. The SMILES string of the molecule is COc1ccc(CCN(Cc2ccc(N3CCC(C)(C(=O)O)CC3)cc2)c2nc3cccc(F)c3s2)cc1. The first-order chi connectivity index (χ1) is 18.3. The van der Waals surface area contributed by atoms with Crippen LogP contribution in [0.5, 0.6) is 5.75 Å². The normalized spacial score (nSPS) is 15.0. The van der Waals surface area contributed by atoms with Gasteiger partial charge in [0, 0.05) is 31.9 Å². The Kier molecular flexibility index (Phi) is 7.51. The highest BCUT2D eigenvalue weighted by atomic mass is 32.1. The predicted molar refractivity (Wildman–Crippen MR) is 151 cm³/mol. The molecule has 1 saturated heterocycles. The Morgan fingerprint density at radius 1 is 1.08 bits per heavy atom. The fraction of sp³-hybridized carbons (Fsp3) is 0.333. The number of halogens is 1. The van der Waals surface area contributed by atoms with Crippen molar-refractivity contribution < 1.29 is 19.0 Å². The minimum Gasteiger partial charge on any atom is -0.497 e. The Bertz CT molecular complexity index is 1400. The zero-order valence-corrected chi connectivity index (χ0v) is 22.5. The number of fused-ring (bicyclic) bond motifs is 1. The van der Waals surface area contributed by atoms with Crippen LogP contribution in [0.1, 0.15) is 30.9 Å². The van der Waals surface area contributed by atoms with E-state index in [0.717, 1.165) is 48.2 Å². The molecule has 4 aromatic rings. The third kappa shape index (κ3) is 5.60. The number of ether oxygens (including phenoxy) is 1. The fourth-order valence-electron chi connectivity index (χ4n) is 4.84. The molecule has 0 aliphatic carbocycles. The first-order valence-electron chi connectivity index (χ1n) is 12.8. The maximum absolute atomic E-state index is 14.4. The Hall–Kier alpha value is -3.65. The molecule has 2 heterocycles. The number of aliphatic carboxylic acids is 1. The van der Waals surface area contributed by atoms with Crippen LogP contribution in [0.25, 0.3) is 10.2 Å². The summed E-state index contributed by atoms with van der Waals surface area (Å²) < 4.78 is 20.3. The summed E-state index contributed by atoms with van der Waals surface area (Å²) in [5.74, 6) is -0.128. The molecule has 0 unspecified atom stereocenters. The van der Waals surface area contributed by atoms with Crippen LogP contribution in [-0.4, -0.2) is 42.8 Å². The number of aromatic nitrogens is 1. The number of carboxylic acid groups (broad SMARTS) is 1. The van der Waals surface area contributed by atoms with Crippen LogP contribution in [0.4, 0.5) is 15.2 Å². The molecule has 1 fully saturated rings. The lowest BCUT2D eigenvalue weighted by Crippen LogP contribution is -2.42. The second-order valence-electron chi connectivity index (χ2n) is 10.1. The number of anilines is 2. The van der Waals surface area contributed by atoms with Gasteiger partial charge in [0.15, 0.2) is 5.13 Å². The molecule has 1 aliphatic heterocycles. The molecule has 0 radical (unpaired) electrons. The summed E-state index contributed by atoms with van der Waals surface area (Å²) in [5.41, 5.74) is 3.46. The molecule has 0 spiro atoms. The number of benzene rings is 3. The van der Waals surface area contributed by atoms with Gasteiger partial charge in [0.1, 0.15) is 11.6 Å². The summed E-state index contributed by atoms with van der Waals surface area (Å²) in [6.45, 7) is 4.68. The second-order valence-corrected chi connectivity index (χ2v) is 11.1. The van der Waals surface area contributed by atoms with Crippen molar-refractivity contribution in [2.45, 2.75) is 32.7 Å². The van der Waals surface area contributed by atoms with Crippen LogP contribution >= 0.6 is 11.3 Å². The molecule has 0 atom stereocenters. The molecule has 1 N–H and O–H groups in total. The van der Waals surface area contributed by atoms with E-state index < -0.39 is 11.4 Å². The summed E-state index contributed by atoms with van der Waals surface area (Å²) in [4.78, 5) is 20.8. The highest BCUT2D eigenvalue weighted by Crippen LogP contribution is 2.34. The van der Waals surface area contributed by atoms with Gasteiger partial charge in [0.05, 0.1) is 22.7 Å². The molecule has 5 rings (SSSR count). The van der Waals surface area contributed by atoms with E-state index in [0.29, 0.717) is 29.6 Å². The predicted octanol–water partition coefficient (Wildman–Crippen LogP) is 6.38. The van der Waals surface area contributed by atoms with Gasteiger partial charge in [-0.15, -0.1) is 0 Å². The van der Waals surface area contributed by atoms with Crippen molar-refractivity contribution in [1.82, 2.24) is 4.98 Å². The Morgan fingerprint density at radius 2 is 1.76 bits per heavy atom. The van der Waals surface area contributed by atoms with Crippen molar-refractivity contribution in [3.8, 4) is 5.75 Å². The van der Waals surface area contributed by atoms with Crippen LogP contribution in [0.15, 0.2) is 66.7 Å². The number of hydrogen-bond donors (Lipinski definition) is 1. The van der Waals surface area contributed by atoms with Gasteiger partial charge in [0.2, 0.25) is 0 Å². The molecule has 0 bridgehead atoms. The van der Waals surface area contributed by atoms with Gasteiger partial charge in [0.25, 0.3) is 0 Å². The van der Waals surface area contributed by atoms with Crippen LogP contribution in [0.3, 0.4) is 0 Å². The summed E-state index contributed by atoms with van der Waals surface area (Å²) in [7, 11) is 1.66. The van der Waals surface area contributed by atoms with Gasteiger partial charge >= 0.3 is 5.97 Å². The number of rotatable bonds is 9. The van der Waals surface area contributed by atoms with Crippen molar-refractivity contribution in [1.29, 1.82) is 0 Å². The van der Waals surface area contributed by atoms with Gasteiger partial charge < -0.3 is 19.6 Å².